The summed E-state index contributed by atoms with van der Waals surface area (Å²) in [5, 5.41) is 23.0. The zero-order chi connectivity index (χ0) is 25.9. The molecular weight excluding hydrogens is 499 g/mol. The summed E-state index contributed by atoms with van der Waals surface area (Å²) in [5.74, 6) is -0.0846. The topological polar surface area (TPSA) is 235 Å². The van der Waals surface area contributed by atoms with Crippen molar-refractivity contribution < 1.29 is 38.6 Å². The number of rotatable bonds is 6. The fraction of sp³-hybridized carbons (Fsp3) is 0.400. The van der Waals surface area contributed by atoms with E-state index in [9.17, 15) is 24.4 Å². The average molecular weight is 528 g/mol. The van der Waals surface area contributed by atoms with Gasteiger partial charge in [0, 0.05) is 18.3 Å². The molecule has 0 bridgehead atoms. The van der Waals surface area contributed by atoms with Gasteiger partial charge in [-0.15, -0.1) is 0 Å². The minimum Gasteiger partial charge on any atom is -0.388 e. The number of hydrogen-bond donors (Lipinski definition) is 7. The van der Waals surface area contributed by atoms with Crippen LogP contribution in [0.2, 0.25) is 0 Å². The third-order valence-corrected chi connectivity index (χ3v) is 5.53. The van der Waals surface area contributed by atoms with Gasteiger partial charge in [-0.3, -0.25) is 23.7 Å². The number of phosphoric acid groups is 1. The van der Waals surface area contributed by atoms with Crippen LogP contribution in [-0.4, -0.2) is 77.3 Å². The van der Waals surface area contributed by atoms with Crippen molar-refractivity contribution in [1.29, 1.82) is 0 Å². The van der Waals surface area contributed by atoms with E-state index in [1.165, 1.54) is 10.9 Å². The molecule has 8 N–H and O–H groups in total. The standard InChI is InChI=1S/C10H14N5O8P.C9H11NO.CH4/c11-10-13-7-4(8(18)14-10)12-2-15(7)9-6(17)5(16)3(23-9)1-22-24(19,20)21;1-7(11)8-5-3-4-6-9(8)10-2;/h2-3,5-6,9,16-17H,1H2,(H2,19,20,21)(H3,11,13,14,18);3-6,10H,1-2H3;1H4/t3-,5+,6?,9-;;/m1../s1. The SMILES string of the molecule is C.CNc1ccccc1C(C)=O.Nc1nc2c(ncn2[C@@H]2O[C@H](COP(=O)(O)O)[C@H](O)C2O)c(=O)[nH]1. The first-order chi connectivity index (χ1) is 16.4. The number of nitrogens with one attached hydrogen (secondary N) is 2. The van der Waals surface area contributed by atoms with Gasteiger partial charge in [0.2, 0.25) is 5.95 Å². The Morgan fingerprint density at radius 1 is 1.31 bits per heavy atom. The molecule has 0 aliphatic carbocycles. The Hall–Kier alpha value is -3.17. The Bertz CT molecular complexity index is 1310. The van der Waals surface area contributed by atoms with Crippen LogP contribution in [0.4, 0.5) is 11.6 Å². The lowest BCUT2D eigenvalue weighted by Crippen LogP contribution is -2.33. The van der Waals surface area contributed by atoms with Gasteiger partial charge in [0.1, 0.15) is 18.3 Å². The maximum atomic E-state index is 11.7. The highest BCUT2D eigenvalue weighted by Crippen LogP contribution is 2.38. The highest BCUT2D eigenvalue weighted by molar-refractivity contribution is 7.46. The van der Waals surface area contributed by atoms with Crippen LogP contribution in [0, 0.1) is 0 Å². The Morgan fingerprint density at radius 3 is 2.56 bits per heavy atom. The number of para-hydroxylation sites is 1. The van der Waals surface area contributed by atoms with Crippen molar-refractivity contribution >= 4 is 36.4 Å². The molecule has 1 unspecified atom stereocenters. The monoisotopic (exact) mass is 528 g/mol. The Kier molecular flexibility index (Phi) is 9.45. The second-order valence-corrected chi connectivity index (χ2v) is 8.70. The van der Waals surface area contributed by atoms with E-state index < -0.39 is 44.5 Å². The Morgan fingerprint density at radius 2 is 1.97 bits per heavy atom. The van der Waals surface area contributed by atoms with Gasteiger partial charge in [0.05, 0.1) is 12.9 Å². The maximum absolute atomic E-state index is 11.7. The second-order valence-electron chi connectivity index (χ2n) is 7.46. The van der Waals surface area contributed by atoms with Crippen LogP contribution in [0.5, 0.6) is 0 Å². The van der Waals surface area contributed by atoms with Crippen LogP contribution in [0.1, 0.15) is 30.9 Å². The minimum absolute atomic E-state index is 0. The molecule has 0 saturated carbocycles. The third kappa shape index (κ3) is 6.53. The summed E-state index contributed by atoms with van der Waals surface area (Å²) >= 11 is 0. The molecule has 36 heavy (non-hydrogen) atoms. The molecule has 15 nitrogen and oxygen atoms in total. The van der Waals surface area contributed by atoms with Crippen molar-refractivity contribution in [2.24, 2.45) is 0 Å². The first kappa shape index (κ1) is 29.1. The molecule has 1 saturated heterocycles. The van der Waals surface area contributed by atoms with E-state index in [0.29, 0.717) is 0 Å². The Labute approximate surface area is 205 Å². The number of Topliss-reactive ketones (excluding diaryl/α,β-unsaturated/α-hetero) is 1. The van der Waals surface area contributed by atoms with Gasteiger partial charge in [-0.1, -0.05) is 19.6 Å². The first-order valence-electron chi connectivity index (χ1n) is 10.1. The number of carbonyl (C=O) groups is 1. The predicted octanol–water partition coefficient (Wildman–Crippen LogP) is -0.00270. The molecule has 0 radical (unpaired) electrons. The minimum atomic E-state index is -4.76. The number of aromatic nitrogens is 4. The van der Waals surface area contributed by atoms with Gasteiger partial charge in [-0.05, 0) is 19.1 Å². The zero-order valence-electron chi connectivity index (χ0n) is 18.6. The molecule has 3 aromatic rings. The lowest BCUT2D eigenvalue weighted by molar-refractivity contribution is -0.0503. The zero-order valence-corrected chi connectivity index (χ0v) is 19.5. The van der Waals surface area contributed by atoms with E-state index >= 15 is 0 Å². The van der Waals surface area contributed by atoms with Crippen molar-refractivity contribution in [1.82, 2.24) is 19.5 Å². The number of phosphoric ester groups is 1. The van der Waals surface area contributed by atoms with Gasteiger partial charge in [-0.2, -0.15) is 4.98 Å². The van der Waals surface area contributed by atoms with Crippen molar-refractivity contribution in [3.63, 3.8) is 0 Å². The number of anilines is 2. The summed E-state index contributed by atoms with van der Waals surface area (Å²) in [6.45, 7) is 0.915. The molecule has 3 heterocycles. The lowest BCUT2D eigenvalue weighted by Gasteiger charge is -2.16. The van der Waals surface area contributed by atoms with Crippen LogP contribution in [0.25, 0.3) is 11.2 Å². The molecule has 4 rings (SSSR count). The third-order valence-electron chi connectivity index (χ3n) is 5.04. The van der Waals surface area contributed by atoms with Crippen molar-refractivity contribution in [3.8, 4) is 0 Å². The molecule has 198 valence electrons. The van der Waals surface area contributed by atoms with E-state index in [-0.39, 0.29) is 30.3 Å². The second kappa shape index (κ2) is 11.7. The number of hydrogen-bond acceptors (Lipinski definition) is 11. The van der Waals surface area contributed by atoms with Crippen LogP contribution in [0.15, 0.2) is 35.4 Å². The highest BCUT2D eigenvalue weighted by atomic mass is 31.2. The number of nitrogens with zero attached hydrogens (tertiary/aromatic N) is 3. The normalized spacial score (nSPS) is 21.4. The number of nitrogens with two attached hydrogens (primary N) is 1. The summed E-state index contributed by atoms with van der Waals surface area (Å²) in [7, 11) is -2.96. The highest BCUT2D eigenvalue weighted by Gasteiger charge is 2.45. The fourth-order valence-electron chi connectivity index (χ4n) is 3.40. The summed E-state index contributed by atoms with van der Waals surface area (Å²) in [6.07, 6.45) is -4.22. The molecule has 1 aliphatic heterocycles. The number of ketones is 1. The quantitative estimate of drug-likeness (QED) is 0.165. The van der Waals surface area contributed by atoms with Crippen LogP contribution in [-0.2, 0) is 13.8 Å². The summed E-state index contributed by atoms with van der Waals surface area (Å²) < 4.78 is 21.6. The molecule has 1 aliphatic rings. The molecule has 1 fully saturated rings. The van der Waals surface area contributed by atoms with Gasteiger partial charge in [0.25, 0.3) is 5.56 Å². The van der Waals surface area contributed by atoms with Crippen molar-refractivity contribution in [2.45, 2.75) is 38.9 Å². The number of H-pyrrole nitrogens is 1. The molecule has 0 spiro atoms. The number of imidazole rings is 1. The first-order valence-corrected chi connectivity index (χ1v) is 11.7. The number of fused-ring (bicyclic) bond motifs is 1. The fourth-order valence-corrected chi connectivity index (χ4v) is 3.75. The van der Waals surface area contributed by atoms with Gasteiger partial charge < -0.3 is 35.8 Å². The molecule has 4 atom stereocenters. The Balaban J connectivity index is 0.000000321. The van der Waals surface area contributed by atoms with E-state index in [0.717, 1.165) is 11.3 Å². The smallest absolute Gasteiger partial charge is 0.388 e. The predicted molar refractivity (Wildman–Crippen MR) is 129 cm³/mol. The van der Waals surface area contributed by atoms with Gasteiger partial charge in [0.15, 0.2) is 23.2 Å². The van der Waals surface area contributed by atoms with E-state index in [2.05, 4.69) is 24.8 Å². The number of aromatic amines is 1. The van der Waals surface area contributed by atoms with Crippen molar-refractivity contribution in [2.75, 3.05) is 24.7 Å². The van der Waals surface area contributed by atoms with Crippen LogP contribution in [0.3, 0.4) is 0 Å². The number of aliphatic hydroxyl groups is 2. The molecule has 0 amide bonds. The van der Waals surface area contributed by atoms with Gasteiger partial charge >= 0.3 is 7.82 Å². The number of benzene rings is 1. The number of ether oxygens (including phenoxy) is 1. The lowest BCUT2D eigenvalue weighted by atomic mass is 10.1. The maximum Gasteiger partial charge on any atom is 0.469 e. The average Bonchev–Trinajstić information content (AvgIpc) is 3.33. The number of nitrogen functional groups attached to an aromatic ring is 1. The largest absolute Gasteiger partial charge is 0.469 e. The van der Waals surface area contributed by atoms with Gasteiger partial charge in [-0.25, -0.2) is 9.55 Å². The van der Waals surface area contributed by atoms with E-state index in [4.69, 9.17) is 20.3 Å². The molecule has 1 aromatic carbocycles. The summed E-state index contributed by atoms with van der Waals surface area (Å²) in [5.41, 5.74) is 6.48. The number of aliphatic hydroxyl groups excluding tert-OH is 2. The molecule has 16 heteroatoms. The summed E-state index contributed by atoms with van der Waals surface area (Å²) in [6, 6.07) is 7.46. The van der Waals surface area contributed by atoms with Crippen LogP contribution < -0.4 is 16.6 Å². The van der Waals surface area contributed by atoms with Crippen molar-refractivity contribution in [3.05, 3.63) is 46.5 Å². The molecular formula is C20H29N6O9P. The van der Waals surface area contributed by atoms with E-state index in [1.807, 2.05) is 31.3 Å². The molecule has 2 aromatic heterocycles. The summed E-state index contributed by atoms with van der Waals surface area (Å²) in [4.78, 5) is 50.1. The van der Waals surface area contributed by atoms with E-state index in [1.54, 1.807) is 6.92 Å². The number of carbonyl (C=O) groups excluding carboxylic acids is 1. The van der Waals surface area contributed by atoms with Crippen LogP contribution >= 0.6 is 7.82 Å².